The average Bonchev–Trinajstić information content (AvgIpc) is 3.15. The van der Waals surface area contributed by atoms with E-state index in [-0.39, 0.29) is 41.1 Å². The van der Waals surface area contributed by atoms with Gasteiger partial charge in [-0.15, -0.1) is 0 Å². The lowest BCUT2D eigenvalue weighted by Crippen LogP contribution is -2.57. The van der Waals surface area contributed by atoms with Gasteiger partial charge in [-0.05, 0) is 121 Å². The van der Waals surface area contributed by atoms with Crippen LogP contribution in [0.1, 0.15) is 123 Å². The van der Waals surface area contributed by atoms with Gasteiger partial charge in [0.1, 0.15) is 11.6 Å². The summed E-state index contributed by atoms with van der Waals surface area (Å²) in [6.45, 7) is 28.6. The van der Waals surface area contributed by atoms with Crippen LogP contribution in [0.4, 0.5) is 4.79 Å². The maximum atomic E-state index is 15.0. The molecule has 0 saturated carbocycles. The van der Waals surface area contributed by atoms with Crippen LogP contribution < -0.4 is 21.3 Å². The van der Waals surface area contributed by atoms with E-state index >= 15 is 0 Å². The molecule has 0 unspecified atom stereocenters. The third-order valence-corrected chi connectivity index (χ3v) is 16.3. The van der Waals surface area contributed by atoms with E-state index in [0.717, 1.165) is 30.5 Å². The van der Waals surface area contributed by atoms with Gasteiger partial charge in [-0.2, -0.15) is 0 Å². The van der Waals surface area contributed by atoms with Gasteiger partial charge < -0.3 is 35.3 Å². The SMILES string of the molecule is CCNC1CCN(C(=O)[C@@H](NC(=O)[C@H](Cc2ccc(C(=O)NC(C)C)cc2)C[C@H](O[Si](C)(C)C(C)(C)C)[C@H](Cc2ccccc2)NC(=O)OC(C)(C)C)[C@@H](C)CC)CC1. The minimum Gasteiger partial charge on any atom is -0.444 e. The van der Waals surface area contributed by atoms with E-state index in [1.54, 1.807) is 12.1 Å². The van der Waals surface area contributed by atoms with Gasteiger partial charge >= 0.3 is 6.09 Å². The van der Waals surface area contributed by atoms with E-state index in [4.69, 9.17) is 9.16 Å². The summed E-state index contributed by atoms with van der Waals surface area (Å²) in [7, 11) is -2.52. The summed E-state index contributed by atoms with van der Waals surface area (Å²) in [6.07, 6.45) is 2.34. The predicted molar refractivity (Wildman–Crippen MR) is 241 cm³/mol. The fourth-order valence-electron chi connectivity index (χ4n) is 7.18. The molecule has 1 heterocycles. The number of ether oxygens (including phenoxy) is 1. The molecule has 1 saturated heterocycles. The van der Waals surface area contributed by atoms with E-state index < -0.39 is 44.1 Å². The Balaban J connectivity index is 2.11. The van der Waals surface area contributed by atoms with Crippen LogP contribution in [-0.2, 0) is 31.6 Å². The van der Waals surface area contributed by atoms with Crippen LogP contribution in [-0.4, -0.2) is 92.5 Å². The first-order valence-corrected chi connectivity index (χ1v) is 24.9. The first-order chi connectivity index (χ1) is 27.5. The van der Waals surface area contributed by atoms with Crippen LogP contribution in [0.2, 0.25) is 18.1 Å². The van der Waals surface area contributed by atoms with Crippen molar-refractivity contribution in [2.24, 2.45) is 11.8 Å². The third kappa shape index (κ3) is 16.0. The molecular weight excluding hydrogens is 759 g/mol. The number of carbonyl (C=O) groups excluding carboxylic acids is 4. The van der Waals surface area contributed by atoms with Crippen LogP contribution >= 0.6 is 0 Å². The summed E-state index contributed by atoms with van der Waals surface area (Å²) >= 11 is 0. The summed E-state index contributed by atoms with van der Waals surface area (Å²) in [6, 6.07) is 16.4. The monoisotopic (exact) mass is 836 g/mol. The van der Waals surface area contributed by atoms with Crippen molar-refractivity contribution in [3.63, 3.8) is 0 Å². The van der Waals surface area contributed by atoms with Crippen molar-refractivity contribution in [3.05, 3.63) is 71.3 Å². The second-order valence-corrected chi connectivity index (χ2v) is 24.1. The van der Waals surface area contributed by atoms with Gasteiger partial charge in [0.25, 0.3) is 5.91 Å². The van der Waals surface area contributed by atoms with Gasteiger partial charge in [0.05, 0.1) is 12.1 Å². The molecule has 1 aliphatic heterocycles. The molecule has 0 spiro atoms. The lowest BCUT2D eigenvalue weighted by Gasteiger charge is -2.42. The molecule has 1 aliphatic rings. The number of nitrogens with zero attached hydrogens (tertiary/aromatic N) is 1. The Kier molecular flexibility index (Phi) is 18.7. The molecule has 330 valence electrons. The number of piperidine rings is 1. The van der Waals surface area contributed by atoms with Gasteiger partial charge in [-0.1, -0.05) is 90.4 Å². The standard InChI is InChI=1S/C47H77N5O6Si/c1-14-33(5)41(44(55)52-27-25-38(26-28-52)48-15-2)51-43(54)37(29-35-21-23-36(24-22-35)42(53)49-32(3)4)31-40(58-59(12,13)47(9,10)11)39(30-34-19-17-16-18-20-34)50-45(56)57-46(6,7)8/h16-24,32-33,37-41,48H,14-15,25-31H2,1-13H3,(H,49,53)(H,50,56)(H,51,54)/t33-,37+,39-,40-,41-/m0/s1. The molecule has 3 rings (SSSR count). The van der Waals surface area contributed by atoms with Crippen molar-refractivity contribution >= 4 is 32.1 Å². The first kappa shape index (κ1) is 49.6. The number of nitrogens with one attached hydrogen (secondary N) is 4. The Labute approximate surface area is 357 Å². The van der Waals surface area contributed by atoms with E-state index in [2.05, 4.69) is 62.1 Å². The summed E-state index contributed by atoms with van der Waals surface area (Å²) in [5.41, 5.74) is 1.69. The second kappa shape index (κ2) is 22.2. The van der Waals surface area contributed by atoms with Crippen molar-refractivity contribution in [1.29, 1.82) is 0 Å². The van der Waals surface area contributed by atoms with Crippen molar-refractivity contribution in [3.8, 4) is 0 Å². The van der Waals surface area contributed by atoms with Gasteiger partial charge in [0.15, 0.2) is 8.32 Å². The zero-order valence-electron chi connectivity index (χ0n) is 38.5. The fourth-order valence-corrected chi connectivity index (χ4v) is 8.55. The van der Waals surface area contributed by atoms with Crippen molar-refractivity contribution < 1.29 is 28.3 Å². The van der Waals surface area contributed by atoms with Gasteiger partial charge in [0.2, 0.25) is 11.8 Å². The molecule has 59 heavy (non-hydrogen) atoms. The van der Waals surface area contributed by atoms with Crippen LogP contribution in [0.3, 0.4) is 0 Å². The molecule has 11 nitrogen and oxygen atoms in total. The number of carbonyl (C=O) groups is 4. The Morgan fingerprint density at radius 2 is 1.41 bits per heavy atom. The minimum absolute atomic E-state index is 0.00764. The molecule has 0 radical (unpaired) electrons. The van der Waals surface area contributed by atoms with Gasteiger partial charge in [0, 0.05) is 36.7 Å². The number of likely N-dealkylation sites (tertiary alicyclic amines) is 1. The number of hydrogen-bond acceptors (Lipinski definition) is 7. The second-order valence-electron chi connectivity index (χ2n) is 19.3. The van der Waals surface area contributed by atoms with E-state index in [1.165, 1.54) is 0 Å². The highest BCUT2D eigenvalue weighted by atomic mass is 28.4. The first-order valence-electron chi connectivity index (χ1n) is 22.0. The van der Waals surface area contributed by atoms with Gasteiger partial charge in [-0.3, -0.25) is 14.4 Å². The van der Waals surface area contributed by atoms with Crippen LogP contribution in [0.5, 0.6) is 0 Å². The van der Waals surface area contributed by atoms with Crippen LogP contribution in [0.25, 0.3) is 0 Å². The topological polar surface area (TPSA) is 138 Å². The number of hydrogen-bond donors (Lipinski definition) is 4. The minimum atomic E-state index is -2.52. The number of rotatable bonds is 19. The fraction of sp³-hybridized carbons (Fsp3) is 0.660. The Morgan fingerprint density at radius 1 is 0.814 bits per heavy atom. The molecule has 5 atom stereocenters. The zero-order chi connectivity index (χ0) is 44.1. The van der Waals surface area contributed by atoms with E-state index in [0.29, 0.717) is 44.0 Å². The Hall–Kier alpha value is -3.74. The molecule has 12 heteroatoms. The summed E-state index contributed by atoms with van der Waals surface area (Å²) in [4.78, 5) is 57.6. The van der Waals surface area contributed by atoms with E-state index in [9.17, 15) is 19.2 Å². The number of alkyl carbamates (subject to hydrolysis) is 1. The highest BCUT2D eigenvalue weighted by Gasteiger charge is 2.43. The third-order valence-electron chi connectivity index (χ3n) is 11.8. The molecule has 2 aromatic carbocycles. The zero-order valence-corrected chi connectivity index (χ0v) is 39.5. The summed E-state index contributed by atoms with van der Waals surface area (Å²) < 4.78 is 13.1. The van der Waals surface area contributed by atoms with Gasteiger partial charge in [-0.25, -0.2) is 4.79 Å². The molecule has 2 aromatic rings. The highest BCUT2D eigenvalue weighted by molar-refractivity contribution is 6.74. The summed E-state index contributed by atoms with van der Waals surface area (Å²) in [5, 5.41) is 12.7. The summed E-state index contributed by atoms with van der Waals surface area (Å²) in [5.74, 6) is -1.21. The molecule has 0 bridgehead atoms. The largest absolute Gasteiger partial charge is 0.444 e. The Bertz CT molecular complexity index is 1630. The van der Waals surface area contributed by atoms with Crippen molar-refractivity contribution in [1.82, 2.24) is 26.2 Å². The lowest BCUT2D eigenvalue weighted by molar-refractivity contribution is -0.140. The number of benzene rings is 2. The molecule has 4 N–H and O–H groups in total. The lowest BCUT2D eigenvalue weighted by atomic mass is 9.87. The molecular formula is C47H77N5O6Si. The van der Waals surface area contributed by atoms with Crippen LogP contribution in [0.15, 0.2) is 54.6 Å². The van der Waals surface area contributed by atoms with Crippen molar-refractivity contribution in [2.75, 3.05) is 19.6 Å². The van der Waals surface area contributed by atoms with Crippen molar-refractivity contribution in [2.45, 2.75) is 169 Å². The smallest absolute Gasteiger partial charge is 0.407 e. The molecule has 0 aromatic heterocycles. The quantitative estimate of drug-likeness (QED) is 0.105. The van der Waals surface area contributed by atoms with E-state index in [1.807, 2.05) is 95.8 Å². The molecule has 4 amide bonds. The maximum absolute atomic E-state index is 15.0. The number of amides is 4. The predicted octanol–water partition coefficient (Wildman–Crippen LogP) is 8.03. The average molecular weight is 836 g/mol. The highest BCUT2D eigenvalue weighted by Crippen LogP contribution is 2.39. The Morgan fingerprint density at radius 3 is 1.93 bits per heavy atom. The normalized spacial score (nSPS) is 16.7. The molecule has 1 fully saturated rings. The maximum Gasteiger partial charge on any atom is 0.407 e. The molecule has 0 aliphatic carbocycles. The van der Waals surface area contributed by atoms with Crippen LogP contribution in [0, 0.1) is 11.8 Å².